The van der Waals surface area contributed by atoms with E-state index in [1.165, 1.54) is 5.56 Å². The molecule has 1 aromatic rings. The summed E-state index contributed by atoms with van der Waals surface area (Å²) in [4.78, 5) is 0. The summed E-state index contributed by atoms with van der Waals surface area (Å²) in [6, 6.07) is 7.70. The van der Waals surface area contributed by atoms with Crippen molar-refractivity contribution in [2.24, 2.45) is 5.73 Å². The summed E-state index contributed by atoms with van der Waals surface area (Å²) in [5.41, 5.74) is 8.20. The third kappa shape index (κ3) is 5.30. The van der Waals surface area contributed by atoms with E-state index in [9.17, 15) is 8.42 Å². The zero-order valence-corrected chi connectivity index (χ0v) is 12.7. The highest BCUT2D eigenvalue weighted by Gasteiger charge is 2.12. The number of rotatable bonds is 7. The highest BCUT2D eigenvalue weighted by atomic mass is 32.2. The Morgan fingerprint density at radius 3 is 2.16 bits per heavy atom. The van der Waals surface area contributed by atoms with Gasteiger partial charge in [0, 0.05) is 12.6 Å². The topological polar surface area (TPSA) is 72.2 Å². The van der Waals surface area contributed by atoms with Gasteiger partial charge in [-0.1, -0.05) is 45.0 Å². The van der Waals surface area contributed by atoms with Crippen molar-refractivity contribution in [3.63, 3.8) is 0 Å². The van der Waals surface area contributed by atoms with Gasteiger partial charge in [0.1, 0.15) is 0 Å². The minimum absolute atomic E-state index is 0.145. The predicted octanol–water partition coefficient (Wildman–Crippen LogP) is 2.14. The number of nitrogens with one attached hydrogen (secondary N) is 1. The van der Waals surface area contributed by atoms with E-state index < -0.39 is 10.0 Å². The molecule has 0 fully saturated rings. The molecule has 1 atom stereocenters. The van der Waals surface area contributed by atoms with Crippen LogP contribution >= 0.6 is 0 Å². The van der Waals surface area contributed by atoms with Crippen molar-refractivity contribution in [1.82, 2.24) is 4.72 Å². The molecule has 0 heterocycles. The fourth-order valence-corrected chi connectivity index (χ4v) is 2.92. The Labute approximate surface area is 116 Å². The highest BCUT2D eigenvalue weighted by molar-refractivity contribution is 7.89. The molecule has 0 aliphatic carbocycles. The summed E-state index contributed by atoms with van der Waals surface area (Å²) in [7, 11) is -3.19. The summed E-state index contributed by atoms with van der Waals surface area (Å²) in [5.74, 6) is 0.625. The van der Waals surface area contributed by atoms with Crippen molar-refractivity contribution >= 4 is 10.0 Å². The minimum Gasteiger partial charge on any atom is -0.323 e. The first kappa shape index (κ1) is 16.1. The van der Waals surface area contributed by atoms with E-state index in [4.69, 9.17) is 5.73 Å². The molecule has 19 heavy (non-hydrogen) atoms. The van der Waals surface area contributed by atoms with Crippen molar-refractivity contribution in [1.29, 1.82) is 0 Å². The maximum Gasteiger partial charge on any atom is 0.211 e. The van der Waals surface area contributed by atoms with Gasteiger partial charge in [0.15, 0.2) is 0 Å². The zero-order valence-electron chi connectivity index (χ0n) is 11.9. The molecule has 3 N–H and O–H groups in total. The lowest BCUT2D eigenvalue weighted by Gasteiger charge is -2.14. The molecular formula is C14H24N2O2S. The molecule has 0 saturated carbocycles. The van der Waals surface area contributed by atoms with Gasteiger partial charge in [-0.3, -0.25) is 0 Å². The maximum atomic E-state index is 11.5. The molecule has 0 amide bonds. The van der Waals surface area contributed by atoms with Crippen molar-refractivity contribution < 1.29 is 8.42 Å². The van der Waals surface area contributed by atoms with Gasteiger partial charge in [-0.15, -0.1) is 0 Å². The van der Waals surface area contributed by atoms with Crippen LogP contribution in [0, 0.1) is 0 Å². The molecule has 0 aliphatic heterocycles. The third-order valence-corrected chi connectivity index (χ3v) is 4.58. The zero-order chi connectivity index (χ0) is 14.5. The first-order chi connectivity index (χ1) is 8.85. The molecule has 1 unspecified atom stereocenters. The van der Waals surface area contributed by atoms with Crippen LogP contribution in [0.5, 0.6) is 0 Å². The van der Waals surface area contributed by atoms with Crippen molar-refractivity contribution in [2.45, 2.75) is 39.2 Å². The number of sulfonamides is 1. The number of hydrogen-bond acceptors (Lipinski definition) is 3. The Balaban J connectivity index is 2.61. The minimum atomic E-state index is -3.19. The summed E-state index contributed by atoms with van der Waals surface area (Å²) in [6.45, 7) is 6.34. The Morgan fingerprint density at radius 2 is 1.68 bits per heavy atom. The van der Waals surface area contributed by atoms with Gasteiger partial charge >= 0.3 is 0 Å². The lowest BCUT2D eigenvalue weighted by atomic mass is 9.99. The Bertz CT molecular complexity index is 481. The molecule has 0 bridgehead atoms. The largest absolute Gasteiger partial charge is 0.323 e. The Kier molecular flexibility index (Phi) is 5.97. The highest BCUT2D eigenvalue weighted by Crippen LogP contribution is 2.17. The van der Waals surface area contributed by atoms with Gasteiger partial charge in [-0.05, 0) is 23.5 Å². The van der Waals surface area contributed by atoms with Crippen LogP contribution in [0.3, 0.4) is 0 Å². The second kappa shape index (κ2) is 7.03. The molecule has 0 saturated heterocycles. The Hall–Kier alpha value is -0.910. The first-order valence-corrected chi connectivity index (χ1v) is 8.33. The first-order valence-electron chi connectivity index (χ1n) is 6.68. The van der Waals surface area contributed by atoms with Gasteiger partial charge in [0.25, 0.3) is 0 Å². The second-order valence-corrected chi connectivity index (χ2v) is 7.02. The van der Waals surface area contributed by atoms with Crippen LogP contribution in [0.1, 0.15) is 50.3 Å². The fraction of sp³-hybridized carbons (Fsp3) is 0.571. The van der Waals surface area contributed by atoms with Crippen LogP contribution in [0.25, 0.3) is 0 Å². The quantitative estimate of drug-likeness (QED) is 0.805. The predicted molar refractivity (Wildman–Crippen MR) is 79.5 cm³/mol. The third-order valence-electron chi connectivity index (χ3n) is 3.03. The molecule has 0 radical (unpaired) electrons. The second-order valence-electron chi connectivity index (χ2n) is 5.10. The SMILES string of the molecule is CCCS(=O)(=O)NCC(N)c1ccc(C(C)C)cc1. The lowest BCUT2D eigenvalue weighted by molar-refractivity contribution is 0.571. The molecule has 4 nitrogen and oxygen atoms in total. The van der Waals surface area contributed by atoms with E-state index in [1.807, 2.05) is 31.2 Å². The maximum absolute atomic E-state index is 11.5. The monoisotopic (exact) mass is 284 g/mol. The number of nitrogens with two attached hydrogens (primary N) is 1. The molecule has 0 aliphatic rings. The summed E-state index contributed by atoms with van der Waals surface area (Å²) < 4.78 is 25.6. The summed E-state index contributed by atoms with van der Waals surface area (Å²) >= 11 is 0. The van der Waals surface area contributed by atoms with E-state index >= 15 is 0 Å². The van der Waals surface area contributed by atoms with Gasteiger partial charge in [0.2, 0.25) is 10.0 Å². The van der Waals surface area contributed by atoms with Crippen LogP contribution in [-0.2, 0) is 10.0 Å². The smallest absolute Gasteiger partial charge is 0.211 e. The van der Waals surface area contributed by atoms with E-state index in [0.29, 0.717) is 12.3 Å². The molecular weight excluding hydrogens is 260 g/mol. The van der Waals surface area contributed by atoms with Crippen molar-refractivity contribution in [3.8, 4) is 0 Å². The van der Waals surface area contributed by atoms with E-state index in [2.05, 4.69) is 18.6 Å². The van der Waals surface area contributed by atoms with E-state index in [0.717, 1.165) is 5.56 Å². The molecule has 108 valence electrons. The van der Waals surface area contributed by atoms with Gasteiger partial charge < -0.3 is 5.73 Å². The van der Waals surface area contributed by atoms with Crippen LogP contribution in [0.4, 0.5) is 0 Å². The molecule has 5 heteroatoms. The van der Waals surface area contributed by atoms with Crippen LogP contribution in [0.2, 0.25) is 0 Å². The van der Waals surface area contributed by atoms with Crippen LogP contribution in [0.15, 0.2) is 24.3 Å². The van der Waals surface area contributed by atoms with Gasteiger partial charge in [0.05, 0.1) is 5.75 Å². The Morgan fingerprint density at radius 1 is 1.16 bits per heavy atom. The molecule has 0 aromatic heterocycles. The van der Waals surface area contributed by atoms with Gasteiger partial charge in [-0.2, -0.15) is 0 Å². The average molecular weight is 284 g/mol. The van der Waals surface area contributed by atoms with Crippen LogP contribution < -0.4 is 10.5 Å². The lowest BCUT2D eigenvalue weighted by Crippen LogP contribution is -2.33. The van der Waals surface area contributed by atoms with E-state index in [-0.39, 0.29) is 18.3 Å². The van der Waals surface area contributed by atoms with Gasteiger partial charge in [-0.25, -0.2) is 13.1 Å². The number of hydrogen-bond donors (Lipinski definition) is 2. The fourth-order valence-electron chi connectivity index (χ4n) is 1.80. The summed E-state index contributed by atoms with van der Waals surface area (Å²) in [6.07, 6.45) is 0.605. The van der Waals surface area contributed by atoms with Crippen LogP contribution in [-0.4, -0.2) is 20.7 Å². The molecule has 0 spiro atoms. The summed E-state index contributed by atoms with van der Waals surface area (Å²) in [5, 5.41) is 0. The standard InChI is InChI=1S/C14H24N2O2S/c1-4-9-19(17,18)16-10-14(15)13-7-5-12(6-8-13)11(2)3/h5-8,11,14,16H,4,9-10,15H2,1-3H3. The normalized spacial score (nSPS) is 13.7. The number of benzene rings is 1. The van der Waals surface area contributed by atoms with Crippen molar-refractivity contribution in [3.05, 3.63) is 35.4 Å². The van der Waals surface area contributed by atoms with Crippen molar-refractivity contribution in [2.75, 3.05) is 12.3 Å². The van der Waals surface area contributed by atoms with E-state index in [1.54, 1.807) is 0 Å². The average Bonchev–Trinajstić information content (AvgIpc) is 2.36. The molecule has 1 aromatic carbocycles. The molecule has 1 rings (SSSR count).